The number of benzene rings is 1. The van der Waals surface area contributed by atoms with Gasteiger partial charge in [-0.25, -0.2) is 0 Å². The molecule has 1 aromatic heterocycles. The highest BCUT2D eigenvalue weighted by molar-refractivity contribution is 5.95. The molecule has 1 aliphatic heterocycles. The second kappa shape index (κ2) is 7.23. The Balaban J connectivity index is 1.60. The number of aromatic nitrogens is 1. The van der Waals surface area contributed by atoms with Gasteiger partial charge in [-0.1, -0.05) is 24.3 Å². The van der Waals surface area contributed by atoms with E-state index in [1.165, 1.54) is 17.3 Å². The third-order valence-electron chi connectivity index (χ3n) is 4.30. The zero-order valence-corrected chi connectivity index (χ0v) is 13.5. The highest BCUT2D eigenvalue weighted by atomic mass is 16.2. The lowest BCUT2D eigenvalue weighted by Gasteiger charge is -2.34. The molecule has 2 amide bonds. The van der Waals surface area contributed by atoms with E-state index in [2.05, 4.69) is 32.9 Å². The van der Waals surface area contributed by atoms with E-state index in [1.807, 2.05) is 19.2 Å². The SMILES string of the molecule is CN1CCc2ccccc2C1CC(=O)NNC(=O)c1cccnc1. The van der Waals surface area contributed by atoms with Crippen molar-refractivity contribution < 1.29 is 9.59 Å². The average Bonchev–Trinajstić information content (AvgIpc) is 2.63. The highest BCUT2D eigenvalue weighted by Gasteiger charge is 2.26. The minimum Gasteiger partial charge on any atom is -0.299 e. The lowest BCUT2D eigenvalue weighted by molar-refractivity contribution is -0.123. The number of nitrogens with one attached hydrogen (secondary N) is 2. The number of hydrogen-bond donors (Lipinski definition) is 2. The summed E-state index contributed by atoms with van der Waals surface area (Å²) in [4.78, 5) is 30.2. The van der Waals surface area contributed by atoms with Gasteiger partial charge in [-0.05, 0) is 36.7 Å². The first-order valence-corrected chi connectivity index (χ1v) is 7.92. The van der Waals surface area contributed by atoms with Crippen molar-refractivity contribution in [3.8, 4) is 0 Å². The third kappa shape index (κ3) is 3.60. The average molecular weight is 324 g/mol. The number of nitrogens with zero attached hydrogens (tertiary/aromatic N) is 2. The lowest BCUT2D eigenvalue weighted by Crippen LogP contribution is -2.44. The van der Waals surface area contributed by atoms with E-state index in [9.17, 15) is 9.59 Å². The fourth-order valence-corrected chi connectivity index (χ4v) is 2.97. The fraction of sp³-hybridized carbons (Fsp3) is 0.278. The molecule has 6 heteroatoms. The Morgan fingerprint density at radius 2 is 2.04 bits per heavy atom. The maximum atomic E-state index is 12.2. The van der Waals surface area contributed by atoms with Gasteiger partial charge in [0, 0.05) is 31.4 Å². The summed E-state index contributed by atoms with van der Waals surface area (Å²) in [5.74, 6) is -0.602. The van der Waals surface area contributed by atoms with E-state index in [0.717, 1.165) is 13.0 Å². The molecule has 3 rings (SSSR count). The summed E-state index contributed by atoms with van der Waals surface area (Å²) >= 11 is 0. The van der Waals surface area contributed by atoms with Crippen LogP contribution >= 0.6 is 0 Å². The number of pyridine rings is 1. The van der Waals surface area contributed by atoms with Crippen molar-refractivity contribution in [2.24, 2.45) is 0 Å². The molecule has 0 saturated carbocycles. The number of carbonyl (C=O) groups excluding carboxylic acids is 2. The van der Waals surface area contributed by atoms with Crippen molar-refractivity contribution >= 4 is 11.8 Å². The molecule has 1 unspecified atom stereocenters. The smallest absolute Gasteiger partial charge is 0.271 e. The van der Waals surface area contributed by atoms with Crippen LogP contribution in [-0.2, 0) is 11.2 Å². The Morgan fingerprint density at radius 3 is 2.83 bits per heavy atom. The van der Waals surface area contributed by atoms with Crippen LogP contribution in [-0.4, -0.2) is 35.3 Å². The van der Waals surface area contributed by atoms with Gasteiger partial charge >= 0.3 is 0 Å². The maximum Gasteiger partial charge on any atom is 0.271 e. The minimum atomic E-state index is -0.381. The van der Waals surface area contributed by atoms with Gasteiger partial charge in [0.05, 0.1) is 5.56 Å². The molecule has 1 aromatic carbocycles. The Labute approximate surface area is 140 Å². The van der Waals surface area contributed by atoms with Gasteiger partial charge in [0.25, 0.3) is 5.91 Å². The largest absolute Gasteiger partial charge is 0.299 e. The predicted molar refractivity (Wildman–Crippen MR) is 90.0 cm³/mol. The van der Waals surface area contributed by atoms with Gasteiger partial charge < -0.3 is 0 Å². The van der Waals surface area contributed by atoms with Crippen molar-refractivity contribution in [1.82, 2.24) is 20.7 Å². The molecule has 0 saturated heterocycles. The number of hydrazine groups is 1. The zero-order valence-electron chi connectivity index (χ0n) is 13.5. The Bertz CT molecular complexity index is 733. The van der Waals surface area contributed by atoms with Crippen molar-refractivity contribution in [3.05, 3.63) is 65.5 Å². The number of hydrogen-bond acceptors (Lipinski definition) is 4. The second-order valence-electron chi connectivity index (χ2n) is 5.89. The minimum absolute atomic E-state index is 0.0187. The lowest BCUT2D eigenvalue weighted by atomic mass is 9.91. The fourth-order valence-electron chi connectivity index (χ4n) is 2.97. The van der Waals surface area contributed by atoms with E-state index in [4.69, 9.17) is 0 Å². The molecule has 0 bridgehead atoms. The third-order valence-corrected chi connectivity index (χ3v) is 4.30. The van der Waals surface area contributed by atoms with Crippen molar-refractivity contribution in [3.63, 3.8) is 0 Å². The molecule has 24 heavy (non-hydrogen) atoms. The second-order valence-corrected chi connectivity index (χ2v) is 5.89. The summed E-state index contributed by atoms with van der Waals surface area (Å²) in [6.45, 7) is 0.914. The van der Waals surface area contributed by atoms with Crippen LogP contribution in [0, 0.1) is 0 Å². The van der Waals surface area contributed by atoms with Crippen molar-refractivity contribution in [2.45, 2.75) is 18.9 Å². The molecular weight excluding hydrogens is 304 g/mol. The van der Waals surface area contributed by atoms with Crippen molar-refractivity contribution in [1.29, 1.82) is 0 Å². The number of rotatable bonds is 3. The summed E-state index contributed by atoms with van der Waals surface area (Å²) in [6, 6.07) is 11.5. The Kier molecular flexibility index (Phi) is 4.86. The summed E-state index contributed by atoms with van der Waals surface area (Å²) < 4.78 is 0. The van der Waals surface area contributed by atoms with Crippen LogP contribution in [0.3, 0.4) is 0 Å². The summed E-state index contributed by atoms with van der Waals surface area (Å²) in [6.07, 6.45) is 4.32. The standard InChI is InChI=1S/C18H20N4O2/c1-22-10-8-13-5-2-3-7-15(13)16(22)11-17(23)20-21-18(24)14-6-4-9-19-12-14/h2-7,9,12,16H,8,10-11H2,1H3,(H,20,23)(H,21,24). The molecule has 124 valence electrons. The number of carbonyl (C=O) groups is 2. The highest BCUT2D eigenvalue weighted by Crippen LogP contribution is 2.30. The summed E-state index contributed by atoms with van der Waals surface area (Å²) in [7, 11) is 2.02. The molecule has 1 atom stereocenters. The van der Waals surface area contributed by atoms with Gasteiger partial charge in [-0.15, -0.1) is 0 Å². The van der Waals surface area contributed by atoms with E-state index >= 15 is 0 Å². The molecule has 0 aliphatic carbocycles. The van der Waals surface area contributed by atoms with Gasteiger partial charge in [0.15, 0.2) is 0 Å². The monoisotopic (exact) mass is 324 g/mol. The Hall–Kier alpha value is -2.73. The molecule has 1 aliphatic rings. The van der Waals surface area contributed by atoms with Crippen LogP contribution in [0.2, 0.25) is 0 Å². The molecule has 0 radical (unpaired) electrons. The first kappa shape index (κ1) is 16.1. The van der Waals surface area contributed by atoms with Gasteiger partial charge in [0.2, 0.25) is 5.91 Å². The van der Waals surface area contributed by atoms with Crippen LogP contribution in [0.4, 0.5) is 0 Å². The van der Waals surface area contributed by atoms with Gasteiger partial charge in [-0.3, -0.25) is 30.3 Å². The number of likely N-dealkylation sites (N-methyl/N-ethyl adjacent to an activating group) is 1. The molecule has 6 nitrogen and oxygen atoms in total. The normalized spacial score (nSPS) is 17.0. The van der Waals surface area contributed by atoms with E-state index in [0.29, 0.717) is 12.0 Å². The Morgan fingerprint density at radius 1 is 1.21 bits per heavy atom. The predicted octanol–water partition coefficient (Wildman–Crippen LogP) is 1.46. The first-order valence-electron chi connectivity index (χ1n) is 7.92. The first-order chi connectivity index (χ1) is 11.6. The molecular formula is C18H20N4O2. The zero-order chi connectivity index (χ0) is 16.9. The summed E-state index contributed by atoms with van der Waals surface area (Å²) in [5.41, 5.74) is 7.78. The quantitative estimate of drug-likeness (QED) is 0.838. The van der Waals surface area contributed by atoms with E-state index < -0.39 is 0 Å². The van der Waals surface area contributed by atoms with E-state index in [1.54, 1.807) is 18.3 Å². The van der Waals surface area contributed by atoms with Gasteiger partial charge in [0.1, 0.15) is 0 Å². The van der Waals surface area contributed by atoms with Crippen LogP contribution in [0.5, 0.6) is 0 Å². The molecule has 2 N–H and O–H groups in total. The molecule has 2 aromatic rings. The summed E-state index contributed by atoms with van der Waals surface area (Å²) in [5, 5.41) is 0. The van der Waals surface area contributed by atoms with E-state index in [-0.39, 0.29) is 17.9 Å². The topological polar surface area (TPSA) is 74.3 Å². The van der Waals surface area contributed by atoms with Crippen LogP contribution < -0.4 is 10.9 Å². The molecule has 0 fully saturated rings. The molecule has 2 heterocycles. The van der Waals surface area contributed by atoms with Crippen molar-refractivity contribution in [2.75, 3.05) is 13.6 Å². The van der Waals surface area contributed by atoms with Crippen LogP contribution in [0.15, 0.2) is 48.8 Å². The van der Waals surface area contributed by atoms with Gasteiger partial charge in [-0.2, -0.15) is 0 Å². The molecule has 0 spiro atoms. The van der Waals surface area contributed by atoms with Crippen LogP contribution in [0.25, 0.3) is 0 Å². The number of fused-ring (bicyclic) bond motifs is 1. The van der Waals surface area contributed by atoms with Crippen LogP contribution in [0.1, 0.15) is 33.9 Å². The maximum absolute atomic E-state index is 12.2. The number of amides is 2.